The molecule has 8 heteroatoms. The normalized spacial score (nSPS) is 35.9. The van der Waals surface area contributed by atoms with Crippen molar-refractivity contribution in [3.63, 3.8) is 0 Å². The molecular weight excluding hydrogens is 513 g/mol. The Bertz CT molecular complexity index is 977. The summed E-state index contributed by atoms with van der Waals surface area (Å²) in [6.45, 7) is 1.79. The first-order chi connectivity index (χ1) is 13.9. The summed E-state index contributed by atoms with van der Waals surface area (Å²) in [6.07, 6.45) is 3.15. The fraction of sp³-hybridized carbons (Fsp3) is 0.591. The molecule has 157 valence electrons. The molecule has 3 N–H and O–H groups in total. The van der Waals surface area contributed by atoms with Crippen molar-refractivity contribution in [1.29, 1.82) is 0 Å². The van der Waals surface area contributed by atoms with Crippen LogP contribution in [0.25, 0.3) is 5.73 Å². The molecule has 1 saturated carbocycles. The Morgan fingerprint density at radius 3 is 2.83 bits per heavy atom. The molecule has 30 heavy (non-hydrogen) atoms. The molecule has 0 aromatic heterocycles. The number of methoxy groups -OCH3 is 1. The molecule has 1 saturated heterocycles. The van der Waals surface area contributed by atoms with Crippen molar-refractivity contribution < 1.29 is 65.8 Å². The second kappa shape index (κ2) is 6.80. The van der Waals surface area contributed by atoms with Gasteiger partial charge in [0.05, 0.1) is 24.0 Å². The van der Waals surface area contributed by atoms with E-state index in [1.165, 1.54) is 20.0 Å². The number of benzene rings is 1. The molecule has 2 aliphatic heterocycles. The third kappa shape index (κ3) is 2.44. The van der Waals surface area contributed by atoms with Gasteiger partial charge in [0.25, 0.3) is 0 Å². The predicted molar refractivity (Wildman–Crippen MR) is 104 cm³/mol. The number of aromatic hydroxyl groups is 1. The fourth-order valence-electron chi connectivity index (χ4n) is 6.58. The number of aliphatic hydroxyl groups is 1. The number of amides is 1. The molecule has 2 heterocycles. The summed E-state index contributed by atoms with van der Waals surface area (Å²) in [5, 5.41) is 22.8. The van der Waals surface area contributed by atoms with E-state index in [0.29, 0.717) is 30.3 Å². The van der Waals surface area contributed by atoms with E-state index < -0.39 is 23.0 Å². The Morgan fingerprint density at radius 1 is 1.40 bits per heavy atom. The summed E-state index contributed by atoms with van der Waals surface area (Å²) in [4.78, 5) is 14.6. The first kappa shape index (κ1) is 21.0. The zero-order chi connectivity index (χ0) is 20.1. The van der Waals surface area contributed by atoms with Crippen molar-refractivity contribution in [2.75, 3.05) is 20.2 Å². The Balaban J connectivity index is 0.00000193. The van der Waals surface area contributed by atoms with Crippen LogP contribution in [0.2, 0.25) is 0 Å². The SMILES string of the molecule is COC1=C(C([NH-])=O)C[C@@]2(O)[C@H]3Cc4ccc(O)c5c4[C@@]2(CCN3CC2CC2)[C@H]1O5.[Pr]. The van der Waals surface area contributed by atoms with Crippen LogP contribution < -0.4 is 4.74 Å². The third-order valence-electron chi connectivity index (χ3n) is 7.99. The van der Waals surface area contributed by atoms with Crippen LogP contribution in [-0.2, 0) is 21.4 Å². The summed E-state index contributed by atoms with van der Waals surface area (Å²) in [5.41, 5.74) is 7.93. The molecule has 7 nitrogen and oxygen atoms in total. The van der Waals surface area contributed by atoms with E-state index in [9.17, 15) is 15.0 Å². The van der Waals surface area contributed by atoms with Gasteiger partial charge in [-0.3, -0.25) is 4.90 Å². The first-order valence-corrected chi connectivity index (χ1v) is 10.4. The van der Waals surface area contributed by atoms with Gasteiger partial charge in [-0.1, -0.05) is 6.07 Å². The van der Waals surface area contributed by atoms with E-state index in [0.717, 1.165) is 24.2 Å². The fourth-order valence-corrected chi connectivity index (χ4v) is 6.58. The molecule has 3 aliphatic carbocycles. The van der Waals surface area contributed by atoms with Crippen LogP contribution in [0.4, 0.5) is 0 Å². The minimum absolute atomic E-state index is 0. The molecule has 1 radical (unpaired) electrons. The summed E-state index contributed by atoms with van der Waals surface area (Å²) in [5.74, 6) is 0.612. The summed E-state index contributed by atoms with van der Waals surface area (Å²) in [6, 6.07) is 3.44. The molecule has 1 aromatic carbocycles. The molecule has 1 spiro atoms. The van der Waals surface area contributed by atoms with Crippen LogP contribution in [0.3, 0.4) is 0 Å². The molecule has 1 amide bonds. The van der Waals surface area contributed by atoms with Gasteiger partial charge in [0, 0.05) is 71.4 Å². The number of phenolic OH excluding ortho intramolecular Hbond substituents is 1. The number of nitrogens with zero attached hydrogens (tertiary/aromatic N) is 1. The summed E-state index contributed by atoms with van der Waals surface area (Å²) >= 11 is 0. The molecule has 0 unspecified atom stereocenters. The van der Waals surface area contributed by atoms with Crippen LogP contribution in [-0.4, -0.2) is 59.0 Å². The standard InChI is InChI=1S/C22H26N2O5.Pr/c1-28-17-13(20(23)26)9-22(27)15-8-12-4-5-14(25)18-16(12)21(22,19(17)29-18)6-7-24(15)10-11-2-3-11;/h4-5,11,15,19,27H,2-3,6-10H2,1H3,(H3,23,25,26);/p-1/t15-,19+,21+,22-;/m1./s1. The summed E-state index contributed by atoms with van der Waals surface area (Å²) in [7, 11) is 1.48. The van der Waals surface area contributed by atoms with Gasteiger partial charge in [0.15, 0.2) is 17.6 Å². The monoisotopic (exact) mass is 538 g/mol. The average molecular weight is 538 g/mol. The molecule has 1 aromatic rings. The number of hydrogen-bond acceptors (Lipinski definition) is 6. The van der Waals surface area contributed by atoms with Gasteiger partial charge in [-0.05, 0) is 49.8 Å². The number of nitrogens with one attached hydrogen (secondary N) is 1. The number of phenols is 1. The van der Waals surface area contributed by atoms with E-state index in [1.807, 2.05) is 6.07 Å². The Labute approximate surface area is 208 Å². The van der Waals surface area contributed by atoms with Crippen LogP contribution in [0.5, 0.6) is 11.5 Å². The quantitative estimate of drug-likeness (QED) is 0.609. The Hall–Kier alpha value is -0.886. The molecular formula is C22H25N2O5Pr-. The van der Waals surface area contributed by atoms with Crippen molar-refractivity contribution in [3.8, 4) is 11.5 Å². The van der Waals surface area contributed by atoms with E-state index in [4.69, 9.17) is 15.2 Å². The number of rotatable bonds is 4. The number of ether oxygens (including phenoxy) is 2. The summed E-state index contributed by atoms with van der Waals surface area (Å²) < 4.78 is 11.8. The second-order valence-electron chi connectivity index (χ2n) is 9.30. The van der Waals surface area contributed by atoms with Gasteiger partial charge in [0.2, 0.25) is 0 Å². The molecule has 5 aliphatic rings. The van der Waals surface area contributed by atoms with E-state index in [2.05, 4.69) is 4.90 Å². The minimum atomic E-state index is -1.25. The minimum Gasteiger partial charge on any atom is -0.664 e. The number of piperidine rings is 1. The van der Waals surface area contributed by atoms with Crippen molar-refractivity contribution >= 4 is 5.91 Å². The zero-order valence-corrected chi connectivity index (χ0v) is 20.7. The van der Waals surface area contributed by atoms with Gasteiger partial charge in [-0.2, -0.15) is 0 Å². The number of carbonyl (C=O) groups is 1. The van der Waals surface area contributed by atoms with Crippen molar-refractivity contribution in [1.82, 2.24) is 4.90 Å². The van der Waals surface area contributed by atoms with Crippen molar-refractivity contribution in [2.24, 2.45) is 5.92 Å². The van der Waals surface area contributed by atoms with Gasteiger partial charge >= 0.3 is 0 Å². The molecule has 2 bridgehead atoms. The predicted octanol–water partition coefficient (Wildman–Crippen LogP) is 2.05. The van der Waals surface area contributed by atoms with Crippen LogP contribution in [0.1, 0.15) is 36.8 Å². The maximum atomic E-state index is 12.3. The largest absolute Gasteiger partial charge is 0.664 e. The van der Waals surface area contributed by atoms with Gasteiger partial charge in [0.1, 0.15) is 5.76 Å². The maximum Gasteiger partial charge on any atom is 0.169 e. The Morgan fingerprint density at radius 2 is 2.17 bits per heavy atom. The number of likely N-dealkylation sites (tertiary alicyclic amines) is 1. The second-order valence-corrected chi connectivity index (χ2v) is 9.30. The van der Waals surface area contributed by atoms with Gasteiger partial charge < -0.3 is 30.2 Å². The van der Waals surface area contributed by atoms with E-state index in [-0.39, 0.29) is 65.1 Å². The van der Waals surface area contributed by atoms with Crippen LogP contribution >= 0.6 is 0 Å². The van der Waals surface area contributed by atoms with Gasteiger partial charge in [-0.15, -0.1) is 0 Å². The van der Waals surface area contributed by atoms with Gasteiger partial charge in [-0.25, -0.2) is 0 Å². The molecule has 4 atom stereocenters. The number of hydrogen-bond donors (Lipinski definition) is 2. The van der Waals surface area contributed by atoms with Crippen molar-refractivity contribution in [3.05, 3.63) is 40.3 Å². The van der Waals surface area contributed by atoms with E-state index in [1.54, 1.807) is 6.07 Å². The molecule has 6 rings (SSSR count). The maximum absolute atomic E-state index is 12.3. The van der Waals surface area contributed by atoms with Crippen LogP contribution in [0, 0.1) is 47.2 Å². The zero-order valence-electron chi connectivity index (χ0n) is 17.0. The first-order valence-electron chi connectivity index (χ1n) is 10.4. The topological polar surface area (TPSA) is 103 Å². The van der Waals surface area contributed by atoms with Crippen molar-refractivity contribution in [2.45, 2.75) is 55.3 Å². The van der Waals surface area contributed by atoms with E-state index >= 15 is 0 Å². The smallest absolute Gasteiger partial charge is 0.169 e. The average Bonchev–Trinajstić information content (AvgIpc) is 3.42. The Kier molecular flexibility index (Phi) is 4.76. The third-order valence-corrected chi connectivity index (χ3v) is 7.99. The number of carbonyl (C=O) groups excluding carboxylic acids is 1. The molecule has 2 fully saturated rings. The van der Waals surface area contributed by atoms with Crippen LogP contribution in [0.15, 0.2) is 23.5 Å².